The van der Waals surface area contributed by atoms with E-state index in [1.807, 2.05) is 24.5 Å². The summed E-state index contributed by atoms with van der Waals surface area (Å²) in [7, 11) is 0. The largest absolute Gasteiger partial charge is 0.309 e. The fourth-order valence-electron chi connectivity index (χ4n) is 12.6. The Kier molecular flexibility index (Phi) is 9.60. The molecule has 0 saturated heterocycles. The van der Waals surface area contributed by atoms with E-state index in [1.54, 1.807) is 0 Å². The van der Waals surface area contributed by atoms with Crippen LogP contribution in [-0.2, 0) is 0 Å². The monoisotopic (exact) mass is 992 g/mol. The van der Waals surface area contributed by atoms with Gasteiger partial charge in [-0.05, 0) is 155 Å². The van der Waals surface area contributed by atoms with Crippen LogP contribution in [-0.4, -0.2) is 23.3 Å². The lowest BCUT2D eigenvalue weighted by Crippen LogP contribution is -2.05. The van der Waals surface area contributed by atoms with Crippen LogP contribution >= 0.6 is 0 Å². The number of rotatable bonds is 7. The molecule has 5 aromatic heterocycles. The van der Waals surface area contributed by atoms with Gasteiger partial charge in [-0.3, -0.25) is 4.98 Å². The average Bonchev–Trinajstić information content (AvgIpc) is 4.41. The highest BCUT2D eigenvalue weighted by molar-refractivity contribution is 6.15. The first-order valence-electron chi connectivity index (χ1n) is 26.4. The number of benzene rings is 11. The number of nitriles is 1. The normalized spacial score (nSPS) is 11.8. The predicted octanol–water partition coefficient (Wildman–Crippen LogP) is 18.3. The van der Waals surface area contributed by atoms with Crippen molar-refractivity contribution < 1.29 is 0 Å². The van der Waals surface area contributed by atoms with Gasteiger partial charge in [-0.15, -0.1) is 0 Å². The zero-order chi connectivity index (χ0) is 51.4. The van der Waals surface area contributed by atoms with E-state index in [2.05, 4.69) is 272 Å². The molecule has 6 nitrogen and oxygen atoms in total. The molecule has 6 heteroatoms. The molecule has 362 valence electrons. The van der Waals surface area contributed by atoms with Gasteiger partial charge in [0.2, 0.25) is 0 Å². The summed E-state index contributed by atoms with van der Waals surface area (Å²) in [5.74, 6) is 0. The van der Waals surface area contributed by atoms with Crippen molar-refractivity contribution in [3.8, 4) is 62.2 Å². The quantitative estimate of drug-likeness (QED) is 0.160. The van der Waals surface area contributed by atoms with Gasteiger partial charge in [-0.25, -0.2) is 0 Å². The molecule has 0 atom stereocenters. The highest BCUT2D eigenvalue weighted by Crippen LogP contribution is 2.44. The number of nitrogens with zero attached hydrogens (tertiary/aromatic N) is 6. The predicted molar refractivity (Wildman–Crippen MR) is 323 cm³/mol. The number of para-hydroxylation sites is 6. The lowest BCUT2D eigenvalue weighted by atomic mass is 10.00. The number of fused-ring (bicyclic) bond motifs is 12. The third kappa shape index (κ3) is 6.52. The van der Waals surface area contributed by atoms with Gasteiger partial charge in [0.25, 0.3) is 0 Å². The zero-order valence-electron chi connectivity index (χ0n) is 42.1. The minimum atomic E-state index is 0.576. The molecule has 0 fully saturated rings. The number of aromatic nitrogens is 5. The maximum atomic E-state index is 11.7. The van der Waals surface area contributed by atoms with E-state index in [9.17, 15) is 5.26 Å². The molecule has 0 amide bonds. The summed E-state index contributed by atoms with van der Waals surface area (Å²) in [4.78, 5) is 4.41. The number of hydrogen-bond donors (Lipinski definition) is 0. The number of hydrogen-bond acceptors (Lipinski definition) is 2. The van der Waals surface area contributed by atoms with Crippen LogP contribution < -0.4 is 0 Å². The Morgan fingerprint density at radius 2 is 0.564 bits per heavy atom. The maximum Gasteiger partial charge on any atom is 0.104 e. The van der Waals surface area contributed by atoms with Gasteiger partial charge in [0.05, 0.1) is 55.5 Å². The summed E-state index contributed by atoms with van der Waals surface area (Å²) in [5, 5.41) is 21.0. The minimum absolute atomic E-state index is 0.576. The Hall–Kier alpha value is -10.7. The molecule has 0 N–H and O–H groups in total. The molecule has 0 spiro atoms. The highest BCUT2D eigenvalue weighted by Gasteiger charge is 2.24. The van der Waals surface area contributed by atoms with Crippen LogP contribution in [0.1, 0.15) is 5.56 Å². The van der Waals surface area contributed by atoms with Gasteiger partial charge in [-0.2, -0.15) is 5.26 Å². The van der Waals surface area contributed by atoms with Crippen LogP contribution in [0.15, 0.2) is 267 Å². The third-order valence-corrected chi connectivity index (χ3v) is 16.1. The number of pyridine rings is 1. The summed E-state index contributed by atoms with van der Waals surface area (Å²) >= 11 is 0. The lowest BCUT2D eigenvalue weighted by molar-refractivity contribution is 1.12. The topological polar surface area (TPSA) is 56.4 Å². The Bertz CT molecular complexity index is 4850. The molecule has 16 rings (SSSR count). The van der Waals surface area contributed by atoms with Crippen LogP contribution in [0.25, 0.3) is 143 Å². The Morgan fingerprint density at radius 1 is 0.256 bits per heavy atom. The zero-order valence-corrected chi connectivity index (χ0v) is 42.1. The molecule has 16 aromatic rings. The molecule has 0 saturated carbocycles. The second-order valence-corrected chi connectivity index (χ2v) is 20.2. The van der Waals surface area contributed by atoms with E-state index in [0.29, 0.717) is 5.56 Å². The first kappa shape index (κ1) is 43.6. The molecular formula is C72H44N6. The van der Waals surface area contributed by atoms with Crippen LogP contribution in [0.4, 0.5) is 0 Å². The van der Waals surface area contributed by atoms with Gasteiger partial charge < -0.3 is 18.3 Å². The fraction of sp³-hybridized carbons (Fsp3) is 0. The lowest BCUT2D eigenvalue weighted by Gasteiger charge is -2.18. The average molecular weight is 993 g/mol. The van der Waals surface area contributed by atoms with Crippen molar-refractivity contribution in [3.05, 3.63) is 273 Å². The maximum absolute atomic E-state index is 11.7. The van der Waals surface area contributed by atoms with Gasteiger partial charge in [0.1, 0.15) is 11.6 Å². The van der Waals surface area contributed by atoms with Crippen LogP contribution in [0.2, 0.25) is 0 Å². The van der Waals surface area contributed by atoms with Crippen molar-refractivity contribution >= 4 is 87.2 Å². The Labute approximate surface area is 448 Å². The first-order valence-corrected chi connectivity index (χ1v) is 26.4. The Morgan fingerprint density at radius 3 is 0.923 bits per heavy atom. The van der Waals surface area contributed by atoms with Crippen molar-refractivity contribution in [2.24, 2.45) is 0 Å². The SMILES string of the molecule is N#Cc1c(-n2c3ccccc3c3cc(-c4ccc5c(c4)c4ccccc4n5-c4ccccc4)ccc32)cc(-c2ccncc2)cc1-n1c2ccccc2c2cc(-c3ccc4c(c3)c3ccccc3n4-c3ccccc3)ccc21. The van der Waals surface area contributed by atoms with Crippen LogP contribution in [0.5, 0.6) is 0 Å². The van der Waals surface area contributed by atoms with E-state index < -0.39 is 0 Å². The van der Waals surface area contributed by atoms with E-state index in [4.69, 9.17) is 0 Å². The second kappa shape index (κ2) is 17.2. The molecule has 0 aliphatic carbocycles. The van der Waals surface area contributed by atoms with Gasteiger partial charge >= 0.3 is 0 Å². The van der Waals surface area contributed by atoms with Gasteiger partial charge in [-0.1, -0.05) is 133 Å². The summed E-state index contributed by atoms with van der Waals surface area (Å²) in [6, 6.07) is 94.3. The van der Waals surface area contributed by atoms with Crippen molar-refractivity contribution in [1.82, 2.24) is 23.3 Å². The molecule has 11 aromatic carbocycles. The molecule has 0 unspecified atom stereocenters. The molecule has 0 radical (unpaired) electrons. The van der Waals surface area contributed by atoms with Crippen molar-refractivity contribution in [2.75, 3.05) is 0 Å². The van der Waals surface area contributed by atoms with Crippen LogP contribution in [0.3, 0.4) is 0 Å². The third-order valence-electron chi connectivity index (χ3n) is 16.1. The summed E-state index contributed by atoms with van der Waals surface area (Å²) in [5.41, 5.74) is 19.8. The van der Waals surface area contributed by atoms with Crippen molar-refractivity contribution in [3.63, 3.8) is 0 Å². The summed E-state index contributed by atoms with van der Waals surface area (Å²) < 4.78 is 9.32. The van der Waals surface area contributed by atoms with E-state index in [0.717, 1.165) is 99.7 Å². The molecule has 78 heavy (non-hydrogen) atoms. The van der Waals surface area contributed by atoms with E-state index in [1.165, 1.54) is 43.6 Å². The summed E-state index contributed by atoms with van der Waals surface area (Å²) in [6.45, 7) is 0. The van der Waals surface area contributed by atoms with Crippen molar-refractivity contribution in [1.29, 1.82) is 5.26 Å². The molecule has 0 bridgehead atoms. The van der Waals surface area contributed by atoms with E-state index >= 15 is 0 Å². The first-order chi connectivity index (χ1) is 38.7. The Balaban J connectivity index is 0.883. The molecule has 0 aliphatic rings. The molecule has 5 heterocycles. The summed E-state index contributed by atoms with van der Waals surface area (Å²) in [6.07, 6.45) is 3.68. The minimum Gasteiger partial charge on any atom is -0.309 e. The highest BCUT2D eigenvalue weighted by atomic mass is 15.0. The van der Waals surface area contributed by atoms with Crippen LogP contribution in [0, 0.1) is 11.3 Å². The fourth-order valence-corrected chi connectivity index (χ4v) is 12.6. The molecular weight excluding hydrogens is 949 g/mol. The standard InChI is InChI=1S/C72H44N6/c73-45-62-71(77-65-25-13-9-21-56(65)60-41-49(29-33-69(60)77)47-27-31-67-58(39-47)54-19-7-11-23-63(54)75(67)52-15-3-1-4-16-52)43-51(46-35-37-74-38-36-46)44-72(62)78-66-26-14-10-22-57(66)61-42-50(30-34-70(61)78)48-28-32-68-59(40-48)55-20-8-12-24-64(55)76(68)53-17-5-2-6-18-53/h1-44H. The molecule has 0 aliphatic heterocycles. The smallest absolute Gasteiger partial charge is 0.104 e. The van der Waals surface area contributed by atoms with Gasteiger partial charge in [0.15, 0.2) is 0 Å². The second-order valence-electron chi connectivity index (χ2n) is 20.2. The van der Waals surface area contributed by atoms with Gasteiger partial charge in [0, 0.05) is 66.9 Å². The van der Waals surface area contributed by atoms with E-state index in [-0.39, 0.29) is 0 Å². The van der Waals surface area contributed by atoms with Crippen molar-refractivity contribution in [2.45, 2.75) is 0 Å².